The number of nitrogens with zero attached hydrogens (tertiary/aromatic N) is 2. The molecule has 29 heavy (non-hydrogen) atoms. The molecule has 1 aliphatic rings. The summed E-state index contributed by atoms with van der Waals surface area (Å²) in [6, 6.07) is 8.67. The molecule has 0 saturated carbocycles. The molecular formula is C21H29ClN4O2S. The highest BCUT2D eigenvalue weighted by molar-refractivity contribution is 7.15. The largest absolute Gasteiger partial charge is 0.444 e. The number of carbonyl (C=O) groups excluding carboxylic acids is 1. The fraction of sp³-hybridized carbons (Fsp3) is 0.524. The van der Waals surface area contributed by atoms with Crippen molar-refractivity contribution in [3.8, 4) is 0 Å². The van der Waals surface area contributed by atoms with Gasteiger partial charge in [0.1, 0.15) is 5.60 Å². The summed E-state index contributed by atoms with van der Waals surface area (Å²) >= 11 is 7.34. The molecule has 2 N–H and O–H groups in total. The lowest BCUT2D eigenvalue weighted by Crippen LogP contribution is -2.49. The highest BCUT2D eigenvalue weighted by atomic mass is 35.5. The molecule has 2 aromatic rings. The topological polar surface area (TPSA) is 66.5 Å². The van der Waals surface area contributed by atoms with E-state index in [1.54, 1.807) is 6.20 Å². The molecule has 6 nitrogen and oxygen atoms in total. The molecule has 0 bridgehead atoms. The Morgan fingerprint density at radius 1 is 1.31 bits per heavy atom. The van der Waals surface area contributed by atoms with Gasteiger partial charge in [0.2, 0.25) is 0 Å². The van der Waals surface area contributed by atoms with E-state index in [1.807, 2.05) is 25.7 Å². The molecular weight excluding hydrogens is 408 g/mol. The van der Waals surface area contributed by atoms with E-state index in [4.69, 9.17) is 16.3 Å². The van der Waals surface area contributed by atoms with E-state index in [0.29, 0.717) is 17.6 Å². The number of thiazole rings is 1. The Labute approximate surface area is 181 Å². The summed E-state index contributed by atoms with van der Waals surface area (Å²) in [5, 5.41) is 6.95. The van der Waals surface area contributed by atoms with Crippen molar-refractivity contribution in [3.05, 3.63) is 45.4 Å². The first-order valence-corrected chi connectivity index (χ1v) is 11.1. The van der Waals surface area contributed by atoms with Gasteiger partial charge in [-0.15, -0.1) is 11.3 Å². The van der Waals surface area contributed by atoms with Crippen LogP contribution in [0, 0.1) is 0 Å². The second-order valence-electron chi connectivity index (χ2n) is 8.28. The highest BCUT2D eigenvalue weighted by Gasteiger charge is 2.27. The van der Waals surface area contributed by atoms with Gasteiger partial charge in [0, 0.05) is 42.4 Å². The number of likely N-dealkylation sites (tertiary alicyclic amines) is 1. The fourth-order valence-corrected chi connectivity index (χ4v) is 4.11. The molecule has 8 heteroatoms. The predicted molar refractivity (Wildman–Crippen MR) is 119 cm³/mol. The summed E-state index contributed by atoms with van der Waals surface area (Å²) in [7, 11) is 0. The van der Waals surface area contributed by atoms with Crippen LogP contribution < -0.4 is 10.6 Å². The molecule has 1 aliphatic heterocycles. The van der Waals surface area contributed by atoms with Gasteiger partial charge in [-0.25, -0.2) is 9.78 Å². The van der Waals surface area contributed by atoms with E-state index in [1.165, 1.54) is 16.9 Å². The average Bonchev–Trinajstić information content (AvgIpc) is 3.10. The van der Waals surface area contributed by atoms with Gasteiger partial charge in [0.15, 0.2) is 4.47 Å². The van der Waals surface area contributed by atoms with Gasteiger partial charge in [-0.1, -0.05) is 23.7 Å². The van der Waals surface area contributed by atoms with E-state index in [-0.39, 0.29) is 12.1 Å². The van der Waals surface area contributed by atoms with E-state index in [9.17, 15) is 4.79 Å². The van der Waals surface area contributed by atoms with Crippen molar-refractivity contribution in [1.29, 1.82) is 0 Å². The number of hydrogen-bond acceptors (Lipinski definition) is 6. The van der Waals surface area contributed by atoms with Gasteiger partial charge in [-0.2, -0.15) is 0 Å². The number of benzene rings is 1. The average molecular weight is 437 g/mol. The van der Waals surface area contributed by atoms with Crippen LogP contribution in [-0.4, -0.2) is 40.7 Å². The zero-order valence-corrected chi connectivity index (χ0v) is 18.8. The Morgan fingerprint density at radius 2 is 2.07 bits per heavy atom. The molecule has 1 saturated heterocycles. The van der Waals surface area contributed by atoms with Crippen molar-refractivity contribution in [2.75, 3.05) is 18.4 Å². The zero-order chi connectivity index (χ0) is 20.9. The van der Waals surface area contributed by atoms with Crippen LogP contribution in [-0.2, 0) is 17.8 Å². The normalized spacial score (nSPS) is 17.2. The molecule has 3 rings (SSSR count). The van der Waals surface area contributed by atoms with Crippen molar-refractivity contribution >= 4 is 34.7 Å². The number of ether oxygens (including phenoxy) is 1. The molecule has 1 aromatic heterocycles. The van der Waals surface area contributed by atoms with Gasteiger partial charge >= 0.3 is 6.09 Å². The number of anilines is 1. The molecule has 0 radical (unpaired) electrons. The SMILES string of the molecule is CC(C)(C)OC(=O)N1CCCC(NCc2ccc(NCc3cnc(Cl)s3)cc2)C1. The Hall–Kier alpha value is -1.83. The monoisotopic (exact) mass is 436 g/mol. The first-order valence-electron chi connectivity index (χ1n) is 9.93. The van der Waals surface area contributed by atoms with Crippen LogP contribution in [0.25, 0.3) is 0 Å². The summed E-state index contributed by atoms with van der Waals surface area (Å²) < 4.78 is 6.07. The number of rotatable bonds is 6. The highest BCUT2D eigenvalue weighted by Crippen LogP contribution is 2.20. The standard InChI is InChI=1S/C21H29ClN4O2S/c1-21(2,3)28-20(27)26-10-4-5-17(14-26)23-11-15-6-8-16(9-7-15)24-12-18-13-25-19(22)29-18/h6-9,13,17,23-24H,4-5,10-12,14H2,1-3H3. The minimum absolute atomic E-state index is 0.221. The number of piperidine rings is 1. The third-order valence-electron chi connectivity index (χ3n) is 4.61. The van der Waals surface area contributed by atoms with E-state index in [2.05, 4.69) is 39.9 Å². The Kier molecular flexibility index (Phi) is 7.38. The third-order valence-corrected chi connectivity index (χ3v) is 5.73. The maximum atomic E-state index is 12.3. The molecule has 1 fully saturated rings. The maximum absolute atomic E-state index is 12.3. The van der Waals surface area contributed by atoms with Crippen LogP contribution in [0.5, 0.6) is 0 Å². The van der Waals surface area contributed by atoms with Crippen LogP contribution in [0.3, 0.4) is 0 Å². The predicted octanol–water partition coefficient (Wildman–Crippen LogP) is 4.90. The molecule has 2 heterocycles. The summed E-state index contributed by atoms with van der Waals surface area (Å²) in [6.07, 6.45) is 3.63. The number of halogens is 1. The number of carbonyl (C=O) groups is 1. The molecule has 1 aromatic carbocycles. The second kappa shape index (κ2) is 9.78. The number of aromatic nitrogens is 1. The van der Waals surface area contributed by atoms with Crippen molar-refractivity contribution in [2.24, 2.45) is 0 Å². The van der Waals surface area contributed by atoms with Gasteiger partial charge in [0.05, 0.1) is 6.54 Å². The molecule has 1 amide bonds. The van der Waals surface area contributed by atoms with Crippen LogP contribution in [0.1, 0.15) is 44.1 Å². The van der Waals surface area contributed by atoms with Crippen molar-refractivity contribution in [2.45, 2.75) is 58.3 Å². The van der Waals surface area contributed by atoms with Crippen LogP contribution >= 0.6 is 22.9 Å². The summed E-state index contributed by atoms with van der Waals surface area (Å²) in [5.41, 5.74) is 1.82. The minimum Gasteiger partial charge on any atom is -0.444 e. The Balaban J connectivity index is 1.44. The van der Waals surface area contributed by atoms with Crippen LogP contribution in [0.2, 0.25) is 4.47 Å². The van der Waals surface area contributed by atoms with Gasteiger partial charge in [-0.05, 0) is 51.3 Å². The smallest absolute Gasteiger partial charge is 0.410 e. The number of amides is 1. The van der Waals surface area contributed by atoms with Crippen LogP contribution in [0.4, 0.5) is 10.5 Å². The van der Waals surface area contributed by atoms with Crippen molar-refractivity contribution in [3.63, 3.8) is 0 Å². The summed E-state index contributed by atoms with van der Waals surface area (Å²) in [6.45, 7) is 8.63. The second-order valence-corrected chi connectivity index (χ2v) is 9.97. The lowest BCUT2D eigenvalue weighted by atomic mass is 10.1. The lowest BCUT2D eigenvalue weighted by molar-refractivity contribution is 0.0187. The number of hydrogen-bond donors (Lipinski definition) is 2. The first-order chi connectivity index (χ1) is 13.8. The van der Waals surface area contributed by atoms with Crippen molar-refractivity contribution < 1.29 is 9.53 Å². The molecule has 1 unspecified atom stereocenters. The van der Waals surface area contributed by atoms with Crippen molar-refractivity contribution in [1.82, 2.24) is 15.2 Å². The molecule has 158 valence electrons. The molecule has 0 aliphatic carbocycles. The summed E-state index contributed by atoms with van der Waals surface area (Å²) in [4.78, 5) is 19.3. The van der Waals surface area contributed by atoms with E-state index >= 15 is 0 Å². The Morgan fingerprint density at radius 3 is 2.72 bits per heavy atom. The van der Waals surface area contributed by atoms with Gasteiger partial charge < -0.3 is 20.3 Å². The lowest BCUT2D eigenvalue weighted by Gasteiger charge is -2.34. The quantitative estimate of drug-likeness (QED) is 0.674. The third kappa shape index (κ3) is 7.17. The minimum atomic E-state index is -0.459. The van der Waals surface area contributed by atoms with Gasteiger partial charge in [0.25, 0.3) is 0 Å². The first kappa shape index (κ1) is 21.9. The summed E-state index contributed by atoms with van der Waals surface area (Å²) in [5.74, 6) is 0. The Bertz CT molecular complexity index is 804. The van der Waals surface area contributed by atoms with E-state index in [0.717, 1.165) is 36.5 Å². The fourth-order valence-electron chi connectivity index (χ4n) is 3.19. The molecule has 1 atom stereocenters. The van der Waals surface area contributed by atoms with Gasteiger partial charge in [-0.3, -0.25) is 0 Å². The number of nitrogens with one attached hydrogen (secondary N) is 2. The maximum Gasteiger partial charge on any atom is 0.410 e. The van der Waals surface area contributed by atoms with Crippen LogP contribution in [0.15, 0.2) is 30.5 Å². The zero-order valence-electron chi connectivity index (χ0n) is 17.2. The van der Waals surface area contributed by atoms with E-state index < -0.39 is 5.60 Å². The molecule has 0 spiro atoms.